The monoisotopic (exact) mass is 251 g/mol. The Hall–Kier alpha value is -0.470. The van der Waals surface area contributed by atoms with Crippen molar-refractivity contribution in [3.05, 3.63) is 35.9 Å². The van der Waals surface area contributed by atoms with Crippen LogP contribution in [0, 0.1) is 0 Å². The highest BCUT2D eigenvalue weighted by atomic mass is 32.1. The summed E-state index contributed by atoms with van der Waals surface area (Å²) in [6.45, 7) is 9.04. The molecule has 0 heterocycles. The SMILES string of the molecule is CCC(C)N(CC)CC(CS)c1ccccc1. The predicted octanol–water partition coefficient (Wildman–Crippen LogP) is 3.82. The molecule has 0 bridgehead atoms. The molecule has 1 aromatic carbocycles. The van der Waals surface area contributed by atoms with Gasteiger partial charge in [-0.1, -0.05) is 44.2 Å². The summed E-state index contributed by atoms with van der Waals surface area (Å²) >= 11 is 4.51. The van der Waals surface area contributed by atoms with Crippen molar-refractivity contribution in [3.8, 4) is 0 Å². The quantitative estimate of drug-likeness (QED) is 0.721. The van der Waals surface area contributed by atoms with Crippen molar-refractivity contribution in [2.75, 3.05) is 18.8 Å². The van der Waals surface area contributed by atoms with Gasteiger partial charge in [-0.3, -0.25) is 0 Å². The number of likely N-dealkylation sites (N-methyl/N-ethyl adjacent to an activating group) is 1. The first-order chi connectivity index (χ1) is 8.22. The van der Waals surface area contributed by atoms with Crippen LogP contribution in [0.4, 0.5) is 0 Å². The van der Waals surface area contributed by atoms with Gasteiger partial charge in [0.05, 0.1) is 0 Å². The number of hydrogen-bond donors (Lipinski definition) is 1. The zero-order valence-electron chi connectivity index (χ0n) is 11.3. The molecule has 2 heteroatoms. The first kappa shape index (κ1) is 14.6. The lowest BCUT2D eigenvalue weighted by Gasteiger charge is -2.30. The summed E-state index contributed by atoms with van der Waals surface area (Å²) in [4.78, 5) is 2.55. The fourth-order valence-corrected chi connectivity index (χ4v) is 2.48. The van der Waals surface area contributed by atoms with E-state index in [1.54, 1.807) is 0 Å². The molecule has 17 heavy (non-hydrogen) atoms. The molecule has 2 atom stereocenters. The van der Waals surface area contributed by atoms with Crippen LogP contribution in [0.1, 0.15) is 38.7 Å². The van der Waals surface area contributed by atoms with Gasteiger partial charge in [0, 0.05) is 18.5 Å². The molecule has 1 rings (SSSR count). The normalized spacial score (nSPS) is 14.9. The molecular formula is C15H25NS. The zero-order chi connectivity index (χ0) is 12.7. The van der Waals surface area contributed by atoms with E-state index in [4.69, 9.17) is 0 Å². The molecule has 0 spiro atoms. The van der Waals surface area contributed by atoms with E-state index in [9.17, 15) is 0 Å². The highest BCUT2D eigenvalue weighted by Crippen LogP contribution is 2.20. The third-order valence-electron chi connectivity index (χ3n) is 3.57. The minimum Gasteiger partial charge on any atom is -0.300 e. The largest absolute Gasteiger partial charge is 0.300 e. The smallest absolute Gasteiger partial charge is 0.00644 e. The number of rotatable bonds is 7. The Balaban J connectivity index is 2.69. The first-order valence-corrected chi connectivity index (χ1v) is 7.26. The average Bonchev–Trinajstić information content (AvgIpc) is 2.40. The summed E-state index contributed by atoms with van der Waals surface area (Å²) in [5.41, 5.74) is 1.41. The summed E-state index contributed by atoms with van der Waals surface area (Å²) in [6, 6.07) is 11.4. The Morgan fingerprint density at radius 3 is 2.29 bits per heavy atom. The Morgan fingerprint density at radius 2 is 1.82 bits per heavy atom. The van der Waals surface area contributed by atoms with Gasteiger partial charge >= 0.3 is 0 Å². The van der Waals surface area contributed by atoms with Crippen LogP contribution in [0.2, 0.25) is 0 Å². The number of benzene rings is 1. The van der Waals surface area contributed by atoms with Gasteiger partial charge in [0.2, 0.25) is 0 Å². The molecule has 0 radical (unpaired) electrons. The highest BCUT2D eigenvalue weighted by Gasteiger charge is 2.16. The fourth-order valence-electron chi connectivity index (χ4n) is 2.16. The minimum absolute atomic E-state index is 0.536. The third kappa shape index (κ3) is 4.36. The van der Waals surface area contributed by atoms with E-state index >= 15 is 0 Å². The molecule has 96 valence electrons. The van der Waals surface area contributed by atoms with Gasteiger partial charge < -0.3 is 4.90 Å². The summed E-state index contributed by atoms with van der Waals surface area (Å²) in [5.74, 6) is 1.45. The molecule has 0 N–H and O–H groups in total. The molecule has 1 aromatic rings. The predicted molar refractivity (Wildman–Crippen MR) is 80.0 cm³/mol. The van der Waals surface area contributed by atoms with Gasteiger partial charge in [-0.25, -0.2) is 0 Å². The average molecular weight is 251 g/mol. The Labute approximate surface area is 112 Å². The lowest BCUT2D eigenvalue weighted by atomic mass is 9.99. The highest BCUT2D eigenvalue weighted by molar-refractivity contribution is 7.80. The molecule has 0 saturated heterocycles. The Kier molecular flexibility index (Phi) is 6.68. The van der Waals surface area contributed by atoms with Crippen molar-refractivity contribution in [1.82, 2.24) is 4.90 Å². The van der Waals surface area contributed by atoms with Crippen LogP contribution in [-0.2, 0) is 0 Å². The van der Waals surface area contributed by atoms with E-state index in [1.807, 2.05) is 0 Å². The van der Waals surface area contributed by atoms with Crippen molar-refractivity contribution in [1.29, 1.82) is 0 Å². The van der Waals surface area contributed by atoms with Crippen LogP contribution in [0.25, 0.3) is 0 Å². The maximum absolute atomic E-state index is 4.51. The summed E-state index contributed by atoms with van der Waals surface area (Å²) in [6.07, 6.45) is 1.21. The van der Waals surface area contributed by atoms with Crippen LogP contribution >= 0.6 is 12.6 Å². The molecule has 0 aromatic heterocycles. The van der Waals surface area contributed by atoms with E-state index in [2.05, 4.69) is 68.6 Å². The lowest BCUT2D eigenvalue weighted by Crippen LogP contribution is -2.36. The maximum atomic E-state index is 4.51. The van der Waals surface area contributed by atoms with Crippen molar-refractivity contribution in [2.24, 2.45) is 0 Å². The van der Waals surface area contributed by atoms with Crippen molar-refractivity contribution < 1.29 is 0 Å². The lowest BCUT2D eigenvalue weighted by molar-refractivity contribution is 0.205. The van der Waals surface area contributed by atoms with Crippen molar-refractivity contribution in [3.63, 3.8) is 0 Å². The number of nitrogens with zero attached hydrogens (tertiary/aromatic N) is 1. The van der Waals surface area contributed by atoms with Crippen LogP contribution in [0.5, 0.6) is 0 Å². The van der Waals surface area contributed by atoms with Gasteiger partial charge in [-0.05, 0) is 31.2 Å². The molecule has 0 fully saturated rings. The van der Waals surface area contributed by atoms with Gasteiger partial charge in [-0.15, -0.1) is 0 Å². The summed E-state index contributed by atoms with van der Waals surface area (Å²) in [5, 5.41) is 0. The fraction of sp³-hybridized carbons (Fsp3) is 0.600. The summed E-state index contributed by atoms with van der Waals surface area (Å²) in [7, 11) is 0. The van der Waals surface area contributed by atoms with Crippen LogP contribution in [0.15, 0.2) is 30.3 Å². The molecule has 0 amide bonds. The van der Waals surface area contributed by atoms with E-state index in [1.165, 1.54) is 12.0 Å². The third-order valence-corrected chi connectivity index (χ3v) is 4.01. The molecule has 2 unspecified atom stereocenters. The van der Waals surface area contributed by atoms with Gasteiger partial charge in [-0.2, -0.15) is 12.6 Å². The molecule has 0 aliphatic heterocycles. The minimum atomic E-state index is 0.536. The molecule has 1 nitrogen and oxygen atoms in total. The zero-order valence-corrected chi connectivity index (χ0v) is 12.2. The molecular weight excluding hydrogens is 226 g/mol. The van der Waals surface area contributed by atoms with Crippen molar-refractivity contribution >= 4 is 12.6 Å². The molecule has 0 aliphatic carbocycles. The molecule has 0 aliphatic rings. The van der Waals surface area contributed by atoms with Gasteiger partial charge in [0.25, 0.3) is 0 Å². The van der Waals surface area contributed by atoms with E-state index in [0.29, 0.717) is 12.0 Å². The maximum Gasteiger partial charge on any atom is 0.00644 e. The Bertz CT molecular complexity index is 299. The van der Waals surface area contributed by atoms with Crippen LogP contribution < -0.4 is 0 Å². The standard InChI is InChI=1S/C15H25NS/c1-4-13(3)16(5-2)11-15(12-17)14-9-7-6-8-10-14/h6-10,13,15,17H,4-5,11-12H2,1-3H3. The van der Waals surface area contributed by atoms with Gasteiger partial charge in [0.15, 0.2) is 0 Å². The van der Waals surface area contributed by atoms with Crippen LogP contribution in [-0.4, -0.2) is 29.8 Å². The second-order valence-corrected chi connectivity index (χ2v) is 5.00. The molecule has 0 saturated carbocycles. The second-order valence-electron chi connectivity index (χ2n) is 4.64. The Morgan fingerprint density at radius 1 is 1.18 bits per heavy atom. The number of hydrogen-bond acceptors (Lipinski definition) is 2. The van der Waals surface area contributed by atoms with Gasteiger partial charge in [0.1, 0.15) is 0 Å². The topological polar surface area (TPSA) is 3.24 Å². The second kappa shape index (κ2) is 7.78. The van der Waals surface area contributed by atoms with E-state index in [0.717, 1.165) is 18.8 Å². The summed E-state index contributed by atoms with van der Waals surface area (Å²) < 4.78 is 0. The van der Waals surface area contributed by atoms with Crippen LogP contribution in [0.3, 0.4) is 0 Å². The number of thiol groups is 1. The van der Waals surface area contributed by atoms with E-state index < -0.39 is 0 Å². The van der Waals surface area contributed by atoms with Crippen molar-refractivity contribution in [2.45, 2.75) is 39.2 Å². The van der Waals surface area contributed by atoms with E-state index in [-0.39, 0.29) is 0 Å². The first-order valence-electron chi connectivity index (χ1n) is 6.62.